The van der Waals surface area contributed by atoms with Gasteiger partial charge in [0, 0.05) is 12.8 Å². The summed E-state index contributed by atoms with van der Waals surface area (Å²) in [6.07, 6.45) is -0.131. The Bertz CT molecular complexity index is 211. The Morgan fingerprint density at radius 2 is 1.79 bits per heavy atom. The van der Waals surface area contributed by atoms with Gasteiger partial charge in [-0.15, -0.1) is 0 Å². The summed E-state index contributed by atoms with van der Waals surface area (Å²) >= 11 is 0. The van der Waals surface area contributed by atoms with Crippen LogP contribution in [0.3, 0.4) is 0 Å². The van der Waals surface area contributed by atoms with Crippen LogP contribution in [-0.2, 0) is 23.9 Å². The van der Waals surface area contributed by atoms with Crippen LogP contribution >= 0.6 is 0 Å². The van der Waals surface area contributed by atoms with Gasteiger partial charge in [-0.25, -0.2) is 0 Å². The molecular weight excluding hydrogens is 188 g/mol. The minimum Gasteiger partial charge on any atom is -0.461 e. The summed E-state index contributed by atoms with van der Waals surface area (Å²) < 4.78 is 9.30. The zero-order chi connectivity index (χ0) is 11.0. The Morgan fingerprint density at radius 1 is 1.21 bits per heavy atom. The standard InChI is InChI=1S/C9H14O5/c1-3-8(11)13-6-7(5-10)14-9(12)4-2/h5,7H,3-4,6H2,1-2H3/t7-/m0/s1. The molecule has 0 spiro atoms. The van der Waals surface area contributed by atoms with Gasteiger partial charge in [0.05, 0.1) is 0 Å². The van der Waals surface area contributed by atoms with Crippen LogP contribution in [0.5, 0.6) is 0 Å². The fourth-order valence-corrected chi connectivity index (χ4v) is 0.630. The van der Waals surface area contributed by atoms with Gasteiger partial charge < -0.3 is 9.47 Å². The molecule has 0 rings (SSSR count). The summed E-state index contributed by atoms with van der Waals surface area (Å²) in [4.78, 5) is 31.9. The lowest BCUT2D eigenvalue weighted by Crippen LogP contribution is -2.26. The Hall–Kier alpha value is -1.39. The molecule has 14 heavy (non-hydrogen) atoms. The highest BCUT2D eigenvalue weighted by molar-refractivity contribution is 5.73. The van der Waals surface area contributed by atoms with E-state index in [1.54, 1.807) is 13.8 Å². The largest absolute Gasteiger partial charge is 0.461 e. The minimum atomic E-state index is -0.988. The Balaban J connectivity index is 3.85. The number of aldehydes is 1. The smallest absolute Gasteiger partial charge is 0.306 e. The zero-order valence-corrected chi connectivity index (χ0v) is 8.32. The van der Waals surface area contributed by atoms with Crippen LogP contribution in [0, 0.1) is 0 Å². The highest BCUT2D eigenvalue weighted by Crippen LogP contribution is 1.95. The molecule has 0 heterocycles. The van der Waals surface area contributed by atoms with Crippen molar-refractivity contribution < 1.29 is 23.9 Å². The first-order chi connectivity index (χ1) is 6.63. The van der Waals surface area contributed by atoms with Crippen LogP contribution < -0.4 is 0 Å². The molecule has 0 aromatic carbocycles. The average molecular weight is 202 g/mol. The molecule has 0 N–H and O–H groups in total. The van der Waals surface area contributed by atoms with E-state index in [4.69, 9.17) is 0 Å². The van der Waals surface area contributed by atoms with Crippen molar-refractivity contribution in [1.82, 2.24) is 0 Å². The molecule has 0 unspecified atom stereocenters. The summed E-state index contributed by atoms with van der Waals surface area (Å²) in [5.74, 6) is -0.918. The maximum absolute atomic E-state index is 10.8. The van der Waals surface area contributed by atoms with E-state index in [2.05, 4.69) is 9.47 Å². The third-order valence-electron chi connectivity index (χ3n) is 1.42. The Labute approximate surface area is 82.4 Å². The molecule has 1 atom stereocenters. The van der Waals surface area contributed by atoms with Crippen LogP contribution in [-0.4, -0.2) is 30.9 Å². The molecule has 0 bridgehead atoms. The van der Waals surface area contributed by atoms with E-state index in [9.17, 15) is 14.4 Å². The van der Waals surface area contributed by atoms with Gasteiger partial charge in [0.2, 0.25) is 0 Å². The third-order valence-corrected chi connectivity index (χ3v) is 1.42. The number of hydrogen-bond donors (Lipinski definition) is 0. The van der Waals surface area contributed by atoms with Crippen molar-refractivity contribution in [3.63, 3.8) is 0 Å². The lowest BCUT2D eigenvalue weighted by atomic mass is 10.4. The lowest BCUT2D eigenvalue weighted by molar-refractivity contribution is -0.160. The fourth-order valence-electron chi connectivity index (χ4n) is 0.630. The van der Waals surface area contributed by atoms with Crippen molar-refractivity contribution in [3.8, 4) is 0 Å². The van der Waals surface area contributed by atoms with Gasteiger partial charge in [0.1, 0.15) is 6.61 Å². The van der Waals surface area contributed by atoms with Crippen molar-refractivity contribution in [2.24, 2.45) is 0 Å². The first kappa shape index (κ1) is 12.6. The highest BCUT2D eigenvalue weighted by Gasteiger charge is 2.14. The number of rotatable bonds is 6. The van der Waals surface area contributed by atoms with E-state index in [1.807, 2.05) is 0 Å². The van der Waals surface area contributed by atoms with Crippen molar-refractivity contribution in [1.29, 1.82) is 0 Å². The van der Waals surface area contributed by atoms with Crippen LogP contribution in [0.25, 0.3) is 0 Å². The van der Waals surface area contributed by atoms with E-state index in [0.717, 1.165) is 0 Å². The van der Waals surface area contributed by atoms with Crippen LogP contribution in [0.15, 0.2) is 0 Å². The molecule has 0 aromatic rings. The molecule has 0 aliphatic carbocycles. The van der Waals surface area contributed by atoms with Gasteiger partial charge in [-0.1, -0.05) is 13.8 Å². The molecule has 0 aliphatic heterocycles. The number of ether oxygens (including phenoxy) is 2. The maximum atomic E-state index is 10.8. The Morgan fingerprint density at radius 3 is 2.21 bits per heavy atom. The predicted molar refractivity (Wildman–Crippen MR) is 47.5 cm³/mol. The molecule has 80 valence electrons. The predicted octanol–water partition coefficient (Wildman–Crippen LogP) is 0.460. The summed E-state index contributed by atoms with van der Waals surface area (Å²) in [6.45, 7) is 3.04. The monoisotopic (exact) mass is 202 g/mol. The molecule has 5 heteroatoms. The molecule has 0 saturated carbocycles. The van der Waals surface area contributed by atoms with E-state index in [1.165, 1.54) is 0 Å². The molecule has 0 saturated heterocycles. The molecule has 0 radical (unpaired) electrons. The summed E-state index contributed by atoms with van der Waals surface area (Å²) in [5.41, 5.74) is 0. The minimum absolute atomic E-state index is 0.187. The highest BCUT2D eigenvalue weighted by atomic mass is 16.6. The van der Waals surface area contributed by atoms with Gasteiger partial charge in [-0.3, -0.25) is 14.4 Å². The number of hydrogen-bond acceptors (Lipinski definition) is 5. The van der Waals surface area contributed by atoms with Gasteiger partial charge >= 0.3 is 11.9 Å². The normalized spacial score (nSPS) is 11.6. The molecule has 0 amide bonds. The third kappa shape index (κ3) is 5.29. The van der Waals surface area contributed by atoms with Crippen LogP contribution in [0.1, 0.15) is 26.7 Å². The van der Waals surface area contributed by atoms with Gasteiger partial charge in [-0.05, 0) is 0 Å². The fraction of sp³-hybridized carbons (Fsp3) is 0.667. The molecule has 5 nitrogen and oxygen atoms in total. The van der Waals surface area contributed by atoms with Crippen molar-refractivity contribution >= 4 is 18.2 Å². The quantitative estimate of drug-likeness (QED) is 0.462. The van der Waals surface area contributed by atoms with Crippen LogP contribution in [0.2, 0.25) is 0 Å². The van der Waals surface area contributed by atoms with Gasteiger partial charge in [-0.2, -0.15) is 0 Å². The average Bonchev–Trinajstić information content (AvgIpc) is 2.22. The number of carbonyl (C=O) groups excluding carboxylic acids is 3. The van der Waals surface area contributed by atoms with Crippen molar-refractivity contribution in [3.05, 3.63) is 0 Å². The zero-order valence-electron chi connectivity index (χ0n) is 8.32. The number of carbonyl (C=O) groups is 3. The summed E-state index contributed by atoms with van der Waals surface area (Å²) in [6, 6.07) is 0. The summed E-state index contributed by atoms with van der Waals surface area (Å²) in [7, 11) is 0. The SMILES string of the molecule is CCC(=O)OC[C@H](C=O)OC(=O)CC. The van der Waals surface area contributed by atoms with Gasteiger partial charge in [0.25, 0.3) is 0 Å². The summed E-state index contributed by atoms with van der Waals surface area (Å²) in [5, 5.41) is 0. The molecular formula is C9H14O5. The van der Waals surface area contributed by atoms with Gasteiger partial charge in [0.15, 0.2) is 12.4 Å². The first-order valence-electron chi connectivity index (χ1n) is 4.44. The lowest BCUT2D eigenvalue weighted by Gasteiger charge is -2.11. The van der Waals surface area contributed by atoms with E-state index in [-0.39, 0.29) is 19.4 Å². The van der Waals surface area contributed by atoms with Crippen LogP contribution in [0.4, 0.5) is 0 Å². The maximum Gasteiger partial charge on any atom is 0.306 e. The second-order valence-corrected chi connectivity index (χ2v) is 2.55. The number of esters is 2. The molecule has 0 aliphatic rings. The molecule has 0 fully saturated rings. The van der Waals surface area contributed by atoms with E-state index in [0.29, 0.717) is 6.29 Å². The topological polar surface area (TPSA) is 69.7 Å². The second kappa shape index (κ2) is 7.06. The molecule has 0 aromatic heterocycles. The van der Waals surface area contributed by atoms with Crippen molar-refractivity contribution in [2.45, 2.75) is 32.8 Å². The second-order valence-electron chi connectivity index (χ2n) is 2.55. The first-order valence-corrected chi connectivity index (χ1v) is 4.44. The Kier molecular flexibility index (Phi) is 6.36. The van der Waals surface area contributed by atoms with E-state index >= 15 is 0 Å². The van der Waals surface area contributed by atoms with E-state index < -0.39 is 18.0 Å². The van der Waals surface area contributed by atoms with Crippen molar-refractivity contribution in [2.75, 3.05) is 6.61 Å².